The lowest BCUT2D eigenvalue weighted by Crippen LogP contribution is -2.27. The number of aromatic nitrogens is 2. The monoisotopic (exact) mass is 351 g/mol. The maximum atomic E-state index is 12.1. The van der Waals surface area contributed by atoms with Crippen LogP contribution in [0.2, 0.25) is 0 Å². The molecule has 2 heterocycles. The molecule has 1 amide bonds. The van der Waals surface area contributed by atoms with Crippen LogP contribution < -0.4 is 5.32 Å². The Bertz CT molecular complexity index is 982. The number of fused-ring (bicyclic) bond motifs is 3. The van der Waals surface area contributed by atoms with E-state index in [0.29, 0.717) is 11.9 Å². The molecule has 2 aromatic heterocycles. The van der Waals surface area contributed by atoms with E-state index in [1.165, 1.54) is 0 Å². The number of carbonyl (C=O) groups is 1. The van der Waals surface area contributed by atoms with Crippen LogP contribution in [-0.4, -0.2) is 21.3 Å². The number of pyridine rings is 1. The number of hydrogen-bond donors (Lipinski definition) is 1. The minimum absolute atomic E-state index is 0.159. The molecule has 0 spiro atoms. The van der Waals surface area contributed by atoms with E-state index in [2.05, 4.69) is 36.4 Å². The van der Waals surface area contributed by atoms with Crippen molar-refractivity contribution in [3.63, 3.8) is 0 Å². The van der Waals surface area contributed by atoms with Gasteiger partial charge in [0.25, 0.3) is 0 Å². The van der Waals surface area contributed by atoms with E-state index >= 15 is 0 Å². The molecule has 134 valence electrons. The van der Waals surface area contributed by atoms with Gasteiger partial charge in [0.05, 0.1) is 23.2 Å². The number of nitrogens with one attached hydrogen (secondary N) is 1. The van der Waals surface area contributed by atoms with Gasteiger partial charge in [-0.05, 0) is 38.8 Å². The molecule has 0 saturated heterocycles. The van der Waals surface area contributed by atoms with E-state index in [-0.39, 0.29) is 22.7 Å². The lowest BCUT2D eigenvalue weighted by molar-refractivity contribution is 0.0635. The van der Waals surface area contributed by atoms with Crippen LogP contribution in [0.5, 0.6) is 0 Å². The summed E-state index contributed by atoms with van der Waals surface area (Å²) in [5, 5.41) is 26.1. The first-order chi connectivity index (χ1) is 12.1. The van der Waals surface area contributed by atoms with E-state index in [1.807, 2.05) is 6.07 Å². The molecule has 7 nitrogen and oxygen atoms in total. The summed E-state index contributed by atoms with van der Waals surface area (Å²) in [6, 6.07) is 8.11. The number of nitriles is 2. The van der Waals surface area contributed by atoms with Crippen molar-refractivity contribution in [2.24, 2.45) is 0 Å². The summed E-state index contributed by atoms with van der Waals surface area (Å²) < 4.78 is 6.93. The number of ether oxygens (including phenoxy) is 1. The maximum Gasteiger partial charge on any atom is 0.413 e. The Kier molecular flexibility index (Phi) is 3.92. The van der Waals surface area contributed by atoms with Gasteiger partial charge in [0.15, 0.2) is 5.82 Å². The van der Waals surface area contributed by atoms with Crippen LogP contribution >= 0.6 is 0 Å². The van der Waals surface area contributed by atoms with E-state index in [1.54, 1.807) is 31.4 Å². The number of rotatable bonds is 1. The molecule has 0 radical (unpaired) electrons. The minimum atomic E-state index is -0.664. The van der Waals surface area contributed by atoms with Gasteiger partial charge in [-0.25, -0.2) is 9.31 Å². The Hall–Kier alpha value is -3.06. The smallest absolute Gasteiger partial charge is 0.413 e. The molecule has 0 saturated carbocycles. The lowest BCUT2D eigenvalue weighted by atomic mass is 9.89. The van der Waals surface area contributed by atoms with Crippen LogP contribution in [-0.2, 0) is 10.2 Å². The predicted octanol–water partition coefficient (Wildman–Crippen LogP) is 3.84. The normalized spacial score (nSPS) is 18.0. The fourth-order valence-electron chi connectivity index (χ4n) is 3.51. The van der Waals surface area contributed by atoms with Crippen molar-refractivity contribution < 1.29 is 9.53 Å². The van der Waals surface area contributed by atoms with Crippen molar-refractivity contribution in [1.29, 1.82) is 10.5 Å². The fourth-order valence-corrected chi connectivity index (χ4v) is 3.51. The highest BCUT2D eigenvalue weighted by Gasteiger charge is 2.40. The summed E-state index contributed by atoms with van der Waals surface area (Å²) in [6.45, 7) is 9.39. The molecule has 1 aliphatic rings. The van der Waals surface area contributed by atoms with Gasteiger partial charge in [0.1, 0.15) is 17.2 Å². The van der Waals surface area contributed by atoms with Crippen LogP contribution in [0.15, 0.2) is 12.1 Å². The van der Waals surface area contributed by atoms with E-state index < -0.39 is 11.7 Å². The predicted molar refractivity (Wildman–Crippen MR) is 95.8 cm³/mol. The Morgan fingerprint density at radius 1 is 1.38 bits per heavy atom. The van der Waals surface area contributed by atoms with Crippen molar-refractivity contribution in [3.05, 3.63) is 29.0 Å². The summed E-state index contributed by atoms with van der Waals surface area (Å²) in [5.74, 6) is -0.0484. The molecule has 3 rings (SSSR count). The first kappa shape index (κ1) is 17.8. The zero-order chi connectivity index (χ0) is 19.3. The highest BCUT2D eigenvalue weighted by Crippen LogP contribution is 2.46. The minimum Gasteiger partial charge on any atom is -0.444 e. The molecule has 1 N–H and O–H groups in total. The third-order valence-electron chi connectivity index (χ3n) is 4.45. The highest BCUT2D eigenvalue weighted by molar-refractivity contribution is 5.88. The molecule has 2 aromatic rings. The molecule has 0 fully saturated rings. The molecule has 0 bridgehead atoms. The molecular formula is C19H21N5O2. The van der Waals surface area contributed by atoms with Crippen molar-refractivity contribution in [2.45, 2.75) is 58.0 Å². The molecule has 0 aliphatic heterocycles. The Morgan fingerprint density at radius 3 is 2.65 bits per heavy atom. The molecule has 1 atom stereocenters. The van der Waals surface area contributed by atoms with Gasteiger partial charge >= 0.3 is 6.09 Å². The second-order valence-electron chi connectivity index (χ2n) is 8.17. The number of amides is 1. The highest BCUT2D eigenvalue weighted by atomic mass is 16.6. The lowest BCUT2D eigenvalue weighted by Gasteiger charge is -2.19. The van der Waals surface area contributed by atoms with E-state index in [0.717, 1.165) is 11.3 Å². The van der Waals surface area contributed by atoms with Crippen LogP contribution in [0.1, 0.15) is 63.8 Å². The van der Waals surface area contributed by atoms with Gasteiger partial charge in [0.2, 0.25) is 0 Å². The fraction of sp³-hybridized carbons (Fsp3) is 0.474. The van der Waals surface area contributed by atoms with E-state index in [4.69, 9.17) is 4.74 Å². The summed E-state index contributed by atoms with van der Waals surface area (Å²) in [4.78, 5) is 12.1. The molecular weight excluding hydrogens is 330 g/mol. The van der Waals surface area contributed by atoms with Crippen LogP contribution in [0, 0.1) is 22.7 Å². The third-order valence-corrected chi connectivity index (χ3v) is 4.45. The Morgan fingerprint density at radius 2 is 2.08 bits per heavy atom. The molecule has 1 aliphatic carbocycles. The first-order valence-corrected chi connectivity index (χ1v) is 8.43. The summed E-state index contributed by atoms with van der Waals surface area (Å²) in [5.41, 5.74) is 1.77. The van der Waals surface area contributed by atoms with Crippen LogP contribution in [0.25, 0.3) is 5.52 Å². The van der Waals surface area contributed by atoms with Gasteiger partial charge in [0, 0.05) is 5.41 Å². The summed E-state index contributed by atoms with van der Waals surface area (Å²) in [7, 11) is 0. The Balaban J connectivity index is 2.13. The zero-order valence-corrected chi connectivity index (χ0v) is 15.5. The summed E-state index contributed by atoms with van der Waals surface area (Å²) >= 11 is 0. The molecule has 1 unspecified atom stereocenters. The first-order valence-electron chi connectivity index (χ1n) is 8.43. The molecule has 26 heavy (non-hydrogen) atoms. The van der Waals surface area contributed by atoms with Crippen molar-refractivity contribution in [1.82, 2.24) is 9.61 Å². The average molecular weight is 351 g/mol. The zero-order valence-electron chi connectivity index (χ0n) is 15.5. The quantitative estimate of drug-likeness (QED) is 0.840. The van der Waals surface area contributed by atoms with Gasteiger partial charge in [-0.2, -0.15) is 10.5 Å². The number of nitrogens with zero attached hydrogens (tertiary/aromatic N) is 4. The number of carbonyl (C=O) groups excluding carboxylic acids is 1. The van der Waals surface area contributed by atoms with Crippen LogP contribution in [0.4, 0.5) is 10.6 Å². The van der Waals surface area contributed by atoms with Gasteiger partial charge < -0.3 is 4.74 Å². The average Bonchev–Trinajstić information content (AvgIpc) is 2.98. The second-order valence-corrected chi connectivity index (χ2v) is 8.17. The van der Waals surface area contributed by atoms with Gasteiger partial charge in [-0.1, -0.05) is 19.9 Å². The number of anilines is 1. The van der Waals surface area contributed by atoms with Crippen molar-refractivity contribution in [3.8, 4) is 12.1 Å². The maximum absolute atomic E-state index is 12.1. The van der Waals surface area contributed by atoms with Crippen molar-refractivity contribution >= 4 is 17.4 Å². The Labute approximate surface area is 152 Å². The molecule has 7 heteroatoms. The largest absolute Gasteiger partial charge is 0.444 e. The molecule has 0 aromatic carbocycles. The summed E-state index contributed by atoms with van der Waals surface area (Å²) in [6.07, 6.45) is 0.0253. The van der Waals surface area contributed by atoms with E-state index in [9.17, 15) is 15.3 Å². The topological polar surface area (TPSA) is 103 Å². The third kappa shape index (κ3) is 2.86. The second kappa shape index (κ2) is 5.74. The van der Waals surface area contributed by atoms with Crippen molar-refractivity contribution in [2.75, 3.05) is 5.32 Å². The SMILES string of the molecule is CC(C)(C)OC(=O)Nc1nn2c3c(ccc2c1C#N)C(C#N)CC3(C)C. The van der Waals surface area contributed by atoms with Gasteiger partial charge in [-0.3, -0.25) is 5.32 Å². The van der Waals surface area contributed by atoms with Crippen LogP contribution in [0.3, 0.4) is 0 Å². The standard InChI is InChI=1S/C19H21N5O2/c1-18(2,3)26-17(25)22-16-13(10-21)14-7-6-12-11(9-20)8-19(4,5)15(12)24(14)23-16/h6-7,11H,8H2,1-5H3,(H,22,23,25). The number of hydrogen-bond acceptors (Lipinski definition) is 5. The van der Waals surface area contributed by atoms with Gasteiger partial charge in [-0.15, -0.1) is 5.10 Å².